The quantitative estimate of drug-likeness (QED) is 0.870. The average molecular weight is 245 g/mol. The summed E-state index contributed by atoms with van der Waals surface area (Å²) >= 11 is 0. The van der Waals surface area contributed by atoms with Crippen molar-refractivity contribution in [3.8, 4) is 0 Å². The van der Waals surface area contributed by atoms with Crippen molar-refractivity contribution < 1.29 is 9.90 Å². The molecule has 0 amide bonds. The van der Waals surface area contributed by atoms with Crippen molar-refractivity contribution in [3.05, 3.63) is 35.0 Å². The lowest BCUT2D eigenvalue weighted by Gasteiger charge is -2.18. The number of aryl methyl sites for hydroxylation is 2. The maximum absolute atomic E-state index is 11.1. The Labute approximate surface area is 107 Å². The highest BCUT2D eigenvalue weighted by Crippen LogP contribution is 2.26. The van der Waals surface area contributed by atoms with Crippen LogP contribution in [0, 0.1) is 19.3 Å². The zero-order chi connectivity index (χ0) is 13.5. The number of H-pyrrole nitrogens is 1. The van der Waals surface area contributed by atoms with E-state index < -0.39 is 11.4 Å². The molecule has 1 aromatic heterocycles. The van der Waals surface area contributed by atoms with Crippen molar-refractivity contribution in [2.45, 2.75) is 34.1 Å². The van der Waals surface area contributed by atoms with Gasteiger partial charge in [0.2, 0.25) is 0 Å². The standard InChI is InChI=1S/C15H19NO2/c1-9-10(2)16-13-7-11(5-6-12(9)13)8-15(3,4)14(17)18/h5-7,16H,8H2,1-4H3,(H,17,18). The molecule has 0 aliphatic carbocycles. The largest absolute Gasteiger partial charge is 0.481 e. The van der Waals surface area contributed by atoms with Gasteiger partial charge in [0.05, 0.1) is 5.41 Å². The smallest absolute Gasteiger partial charge is 0.309 e. The Bertz CT molecular complexity index is 608. The number of aromatic nitrogens is 1. The molecule has 0 radical (unpaired) electrons. The van der Waals surface area contributed by atoms with E-state index >= 15 is 0 Å². The van der Waals surface area contributed by atoms with Crippen LogP contribution in [-0.4, -0.2) is 16.1 Å². The van der Waals surface area contributed by atoms with Gasteiger partial charge in [0.1, 0.15) is 0 Å². The lowest BCUT2D eigenvalue weighted by atomic mass is 9.86. The van der Waals surface area contributed by atoms with Gasteiger partial charge in [0.25, 0.3) is 0 Å². The van der Waals surface area contributed by atoms with E-state index in [1.165, 1.54) is 16.6 Å². The van der Waals surface area contributed by atoms with Gasteiger partial charge in [-0.2, -0.15) is 0 Å². The van der Waals surface area contributed by atoms with E-state index in [0.717, 1.165) is 11.1 Å². The molecule has 0 aliphatic heterocycles. The Hall–Kier alpha value is -1.77. The Balaban J connectivity index is 2.39. The summed E-state index contributed by atoms with van der Waals surface area (Å²) in [6, 6.07) is 6.15. The van der Waals surface area contributed by atoms with E-state index in [1.807, 2.05) is 6.07 Å². The van der Waals surface area contributed by atoms with Gasteiger partial charge in [-0.15, -0.1) is 0 Å². The third-order valence-corrected chi connectivity index (χ3v) is 3.60. The highest BCUT2D eigenvalue weighted by Gasteiger charge is 2.27. The molecule has 3 heteroatoms. The van der Waals surface area contributed by atoms with Gasteiger partial charge in [0.15, 0.2) is 0 Å². The fourth-order valence-electron chi connectivity index (χ4n) is 2.22. The first-order chi connectivity index (χ1) is 8.31. The molecule has 0 fully saturated rings. The van der Waals surface area contributed by atoms with Gasteiger partial charge in [-0.05, 0) is 51.3 Å². The van der Waals surface area contributed by atoms with Crippen molar-refractivity contribution in [1.29, 1.82) is 0 Å². The summed E-state index contributed by atoms with van der Waals surface area (Å²) < 4.78 is 0. The number of carboxylic acid groups (broad SMARTS) is 1. The van der Waals surface area contributed by atoms with Crippen LogP contribution in [0.15, 0.2) is 18.2 Å². The fourth-order valence-corrected chi connectivity index (χ4v) is 2.22. The number of benzene rings is 1. The highest BCUT2D eigenvalue weighted by atomic mass is 16.4. The first-order valence-electron chi connectivity index (χ1n) is 6.12. The van der Waals surface area contributed by atoms with E-state index in [9.17, 15) is 4.79 Å². The number of rotatable bonds is 3. The topological polar surface area (TPSA) is 53.1 Å². The fraction of sp³-hybridized carbons (Fsp3) is 0.400. The van der Waals surface area contributed by atoms with Crippen LogP contribution >= 0.6 is 0 Å². The molecule has 96 valence electrons. The van der Waals surface area contributed by atoms with Crippen LogP contribution < -0.4 is 0 Å². The zero-order valence-corrected chi connectivity index (χ0v) is 11.3. The van der Waals surface area contributed by atoms with Gasteiger partial charge in [-0.25, -0.2) is 0 Å². The van der Waals surface area contributed by atoms with Crippen molar-refractivity contribution in [2.24, 2.45) is 5.41 Å². The van der Waals surface area contributed by atoms with E-state index in [0.29, 0.717) is 6.42 Å². The van der Waals surface area contributed by atoms with E-state index in [2.05, 4.69) is 31.0 Å². The molecule has 0 spiro atoms. The van der Waals surface area contributed by atoms with E-state index in [1.54, 1.807) is 13.8 Å². The molecular formula is C15H19NO2. The number of aromatic amines is 1. The van der Waals surface area contributed by atoms with Crippen LogP contribution in [0.1, 0.15) is 30.7 Å². The number of fused-ring (bicyclic) bond motifs is 1. The molecule has 1 heterocycles. The molecule has 2 rings (SSSR count). The third kappa shape index (κ3) is 2.13. The van der Waals surface area contributed by atoms with Crippen LogP contribution in [0.2, 0.25) is 0 Å². The lowest BCUT2D eigenvalue weighted by Crippen LogP contribution is -2.26. The summed E-state index contributed by atoms with van der Waals surface area (Å²) in [6.07, 6.45) is 0.537. The summed E-state index contributed by atoms with van der Waals surface area (Å²) in [7, 11) is 0. The van der Waals surface area contributed by atoms with Gasteiger partial charge >= 0.3 is 5.97 Å². The second kappa shape index (κ2) is 4.16. The molecule has 0 unspecified atom stereocenters. The van der Waals surface area contributed by atoms with E-state index in [-0.39, 0.29) is 0 Å². The predicted octanol–water partition coefficient (Wildman–Crippen LogP) is 3.44. The number of aliphatic carboxylic acids is 1. The minimum Gasteiger partial charge on any atom is -0.481 e. The second-order valence-corrected chi connectivity index (χ2v) is 5.62. The van der Waals surface area contributed by atoms with Crippen molar-refractivity contribution in [3.63, 3.8) is 0 Å². The van der Waals surface area contributed by atoms with Crippen LogP contribution in [-0.2, 0) is 11.2 Å². The SMILES string of the molecule is Cc1[nH]c2cc(CC(C)(C)C(=O)O)ccc2c1C. The van der Waals surface area contributed by atoms with E-state index in [4.69, 9.17) is 5.11 Å². The molecule has 0 bridgehead atoms. The van der Waals surface area contributed by atoms with Crippen LogP contribution in [0.4, 0.5) is 0 Å². The minimum absolute atomic E-state index is 0.537. The van der Waals surface area contributed by atoms with Gasteiger partial charge in [-0.3, -0.25) is 4.79 Å². The monoisotopic (exact) mass is 245 g/mol. The highest BCUT2D eigenvalue weighted by molar-refractivity contribution is 5.85. The molecule has 2 aromatic rings. The van der Waals surface area contributed by atoms with Crippen LogP contribution in [0.5, 0.6) is 0 Å². The first kappa shape index (κ1) is 12.7. The van der Waals surface area contributed by atoms with Crippen molar-refractivity contribution in [1.82, 2.24) is 4.98 Å². The second-order valence-electron chi connectivity index (χ2n) is 5.62. The van der Waals surface area contributed by atoms with Gasteiger partial charge < -0.3 is 10.1 Å². The molecule has 18 heavy (non-hydrogen) atoms. The summed E-state index contributed by atoms with van der Waals surface area (Å²) in [6.45, 7) is 7.65. The zero-order valence-electron chi connectivity index (χ0n) is 11.3. The van der Waals surface area contributed by atoms with Crippen molar-refractivity contribution >= 4 is 16.9 Å². The molecule has 1 aromatic carbocycles. The number of carbonyl (C=O) groups is 1. The average Bonchev–Trinajstić information content (AvgIpc) is 2.53. The number of hydrogen-bond donors (Lipinski definition) is 2. The Morgan fingerprint density at radius 3 is 2.61 bits per heavy atom. The number of carboxylic acids is 1. The minimum atomic E-state index is -0.763. The van der Waals surface area contributed by atoms with Crippen LogP contribution in [0.25, 0.3) is 10.9 Å². The number of hydrogen-bond acceptors (Lipinski definition) is 1. The molecule has 2 N–H and O–H groups in total. The molecule has 0 saturated carbocycles. The molecule has 0 atom stereocenters. The Morgan fingerprint density at radius 1 is 1.33 bits per heavy atom. The Morgan fingerprint density at radius 2 is 2.00 bits per heavy atom. The predicted molar refractivity (Wildman–Crippen MR) is 72.9 cm³/mol. The van der Waals surface area contributed by atoms with Gasteiger partial charge in [0, 0.05) is 16.6 Å². The summed E-state index contributed by atoms with van der Waals surface area (Å²) in [5.74, 6) is -0.763. The maximum Gasteiger partial charge on any atom is 0.309 e. The number of nitrogens with one attached hydrogen (secondary N) is 1. The van der Waals surface area contributed by atoms with Crippen molar-refractivity contribution in [2.75, 3.05) is 0 Å². The van der Waals surface area contributed by atoms with Crippen LogP contribution in [0.3, 0.4) is 0 Å². The normalized spacial score (nSPS) is 12.0. The molecular weight excluding hydrogens is 226 g/mol. The maximum atomic E-state index is 11.1. The molecule has 0 saturated heterocycles. The Kier molecular flexibility index (Phi) is 2.93. The molecule has 0 aliphatic rings. The summed E-state index contributed by atoms with van der Waals surface area (Å²) in [5.41, 5.74) is 3.83. The molecule has 3 nitrogen and oxygen atoms in total. The summed E-state index contributed by atoms with van der Waals surface area (Å²) in [4.78, 5) is 14.5. The summed E-state index contributed by atoms with van der Waals surface area (Å²) in [5, 5.41) is 10.4. The first-order valence-corrected chi connectivity index (χ1v) is 6.12. The third-order valence-electron chi connectivity index (χ3n) is 3.60. The lowest BCUT2D eigenvalue weighted by molar-refractivity contribution is -0.146. The van der Waals surface area contributed by atoms with Gasteiger partial charge in [-0.1, -0.05) is 12.1 Å².